The number of nitrogens with one attached hydrogen (secondary N) is 1. The average Bonchev–Trinajstić information content (AvgIpc) is 2.99. The standard InChI is InChI=1S/C17H22N4O2S/c1-10-12(9-21(2)20-10)16(23)19-17-14(15(18)22)11-7-5-3-4-6-8-13(11)24-17/h9H,3-8H2,1-2H3,(H2,18,22)(H,19,23). The number of carbonyl (C=O) groups is 2. The third kappa shape index (κ3) is 3.21. The second kappa shape index (κ2) is 6.76. The lowest BCUT2D eigenvalue weighted by Crippen LogP contribution is -2.18. The van der Waals surface area contributed by atoms with Crippen molar-refractivity contribution in [3.8, 4) is 0 Å². The highest BCUT2D eigenvalue weighted by atomic mass is 32.1. The van der Waals surface area contributed by atoms with Crippen molar-refractivity contribution in [2.24, 2.45) is 12.8 Å². The lowest BCUT2D eigenvalue weighted by Gasteiger charge is -2.10. The minimum Gasteiger partial charge on any atom is -0.365 e. The van der Waals surface area contributed by atoms with Crippen LogP contribution in [0.25, 0.3) is 0 Å². The van der Waals surface area contributed by atoms with Gasteiger partial charge in [0.25, 0.3) is 11.8 Å². The molecular formula is C17H22N4O2S. The van der Waals surface area contributed by atoms with Gasteiger partial charge >= 0.3 is 0 Å². The summed E-state index contributed by atoms with van der Waals surface area (Å²) in [6.45, 7) is 1.79. The zero-order chi connectivity index (χ0) is 17.3. The molecule has 0 saturated heterocycles. The number of nitrogens with two attached hydrogens (primary N) is 1. The Bertz CT molecular complexity index is 791. The van der Waals surface area contributed by atoms with E-state index in [9.17, 15) is 9.59 Å². The van der Waals surface area contributed by atoms with E-state index < -0.39 is 5.91 Å². The predicted molar refractivity (Wildman–Crippen MR) is 94.6 cm³/mol. The van der Waals surface area contributed by atoms with E-state index in [2.05, 4.69) is 10.4 Å². The van der Waals surface area contributed by atoms with Crippen molar-refractivity contribution in [1.29, 1.82) is 0 Å². The van der Waals surface area contributed by atoms with Crippen molar-refractivity contribution in [3.63, 3.8) is 0 Å². The predicted octanol–water partition coefficient (Wildman–Crippen LogP) is 2.80. The lowest BCUT2D eigenvalue weighted by molar-refractivity contribution is 0.100. The molecule has 0 radical (unpaired) electrons. The van der Waals surface area contributed by atoms with Crippen LogP contribution in [0, 0.1) is 6.92 Å². The molecule has 2 aromatic rings. The Morgan fingerprint density at radius 3 is 2.58 bits per heavy atom. The van der Waals surface area contributed by atoms with Crippen LogP contribution in [0.2, 0.25) is 0 Å². The van der Waals surface area contributed by atoms with E-state index in [4.69, 9.17) is 5.73 Å². The van der Waals surface area contributed by atoms with Gasteiger partial charge in [0.1, 0.15) is 5.00 Å². The Kier molecular flexibility index (Phi) is 4.71. The van der Waals surface area contributed by atoms with E-state index in [1.807, 2.05) is 0 Å². The Labute approximate surface area is 145 Å². The highest BCUT2D eigenvalue weighted by Crippen LogP contribution is 2.37. The molecule has 128 valence electrons. The minimum absolute atomic E-state index is 0.252. The van der Waals surface area contributed by atoms with Gasteiger partial charge in [0.05, 0.1) is 16.8 Å². The van der Waals surface area contributed by atoms with Gasteiger partial charge in [0.15, 0.2) is 0 Å². The number of rotatable bonds is 3. The summed E-state index contributed by atoms with van der Waals surface area (Å²) in [6, 6.07) is 0. The number of fused-ring (bicyclic) bond motifs is 1. The van der Waals surface area contributed by atoms with Crippen LogP contribution in [0.3, 0.4) is 0 Å². The minimum atomic E-state index is -0.466. The molecule has 6 nitrogen and oxygen atoms in total. The highest BCUT2D eigenvalue weighted by Gasteiger charge is 2.24. The molecule has 0 bridgehead atoms. The van der Waals surface area contributed by atoms with E-state index >= 15 is 0 Å². The van der Waals surface area contributed by atoms with E-state index in [1.54, 1.807) is 24.9 Å². The van der Waals surface area contributed by atoms with Crippen LogP contribution in [-0.2, 0) is 19.9 Å². The molecule has 0 atom stereocenters. The number of aryl methyl sites for hydroxylation is 3. The van der Waals surface area contributed by atoms with E-state index in [1.165, 1.54) is 29.1 Å². The van der Waals surface area contributed by atoms with Gasteiger partial charge in [0, 0.05) is 18.1 Å². The lowest BCUT2D eigenvalue weighted by atomic mass is 9.96. The molecule has 0 aromatic carbocycles. The van der Waals surface area contributed by atoms with Crippen LogP contribution in [-0.4, -0.2) is 21.6 Å². The van der Waals surface area contributed by atoms with Gasteiger partial charge in [-0.1, -0.05) is 12.8 Å². The van der Waals surface area contributed by atoms with Crippen LogP contribution in [0.5, 0.6) is 0 Å². The van der Waals surface area contributed by atoms with Crippen molar-refractivity contribution in [2.45, 2.75) is 45.4 Å². The number of hydrogen-bond donors (Lipinski definition) is 2. The van der Waals surface area contributed by atoms with Gasteiger partial charge in [-0.15, -0.1) is 11.3 Å². The maximum absolute atomic E-state index is 12.6. The first kappa shape index (κ1) is 16.7. The van der Waals surface area contributed by atoms with Gasteiger partial charge in [0.2, 0.25) is 0 Å². The average molecular weight is 346 g/mol. The molecule has 2 amide bonds. The SMILES string of the molecule is Cc1nn(C)cc1C(=O)Nc1sc2c(c1C(N)=O)CCCCCC2. The fourth-order valence-corrected chi connectivity index (χ4v) is 4.55. The van der Waals surface area contributed by atoms with Crippen LogP contribution >= 0.6 is 11.3 Å². The number of primary amides is 1. The number of hydrogen-bond acceptors (Lipinski definition) is 4. The van der Waals surface area contributed by atoms with Gasteiger partial charge in [-0.25, -0.2) is 0 Å². The van der Waals surface area contributed by atoms with Crippen LogP contribution < -0.4 is 11.1 Å². The van der Waals surface area contributed by atoms with Crippen LogP contribution in [0.1, 0.15) is 62.5 Å². The summed E-state index contributed by atoms with van der Waals surface area (Å²) >= 11 is 1.49. The molecular weight excluding hydrogens is 324 g/mol. The molecule has 1 aliphatic rings. The summed E-state index contributed by atoms with van der Waals surface area (Å²) in [7, 11) is 1.77. The number of nitrogens with zero attached hydrogens (tertiary/aromatic N) is 2. The first-order valence-corrected chi connectivity index (χ1v) is 9.05. The first-order valence-electron chi connectivity index (χ1n) is 8.23. The Balaban J connectivity index is 1.95. The molecule has 0 saturated carbocycles. The zero-order valence-electron chi connectivity index (χ0n) is 14.0. The smallest absolute Gasteiger partial charge is 0.259 e. The van der Waals surface area contributed by atoms with Crippen LogP contribution in [0.15, 0.2) is 6.20 Å². The van der Waals surface area contributed by atoms with Crippen molar-refractivity contribution in [3.05, 3.63) is 33.5 Å². The molecule has 7 heteroatoms. The maximum atomic E-state index is 12.6. The molecule has 0 aliphatic heterocycles. The molecule has 0 fully saturated rings. The molecule has 0 spiro atoms. The highest BCUT2D eigenvalue weighted by molar-refractivity contribution is 7.17. The first-order chi connectivity index (χ1) is 11.5. The summed E-state index contributed by atoms with van der Waals surface area (Å²) in [5.41, 5.74) is 8.31. The van der Waals surface area contributed by atoms with Crippen molar-refractivity contribution in [1.82, 2.24) is 9.78 Å². The van der Waals surface area contributed by atoms with Crippen molar-refractivity contribution >= 4 is 28.2 Å². The van der Waals surface area contributed by atoms with Gasteiger partial charge in [-0.2, -0.15) is 5.10 Å². The fourth-order valence-electron chi connectivity index (χ4n) is 3.26. The van der Waals surface area contributed by atoms with Gasteiger partial charge in [-0.3, -0.25) is 14.3 Å². The molecule has 3 N–H and O–H groups in total. The third-order valence-electron chi connectivity index (χ3n) is 4.40. The third-order valence-corrected chi connectivity index (χ3v) is 5.61. The zero-order valence-corrected chi connectivity index (χ0v) is 14.8. The topological polar surface area (TPSA) is 90.0 Å². The Morgan fingerprint density at radius 1 is 1.25 bits per heavy atom. The Morgan fingerprint density at radius 2 is 1.96 bits per heavy atom. The fraction of sp³-hybridized carbons (Fsp3) is 0.471. The van der Waals surface area contributed by atoms with Crippen LogP contribution in [0.4, 0.5) is 5.00 Å². The largest absolute Gasteiger partial charge is 0.365 e. The monoisotopic (exact) mass is 346 g/mol. The molecule has 2 aromatic heterocycles. The molecule has 1 aliphatic carbocycles. The van der Waals surface area contributed by atoms with Crippen molar-refractivity contribution in [2.75, 3.05) is 5.32 Å². The van der Waals surface area contributed by atoms with Crippen molar-refractivity contribution < 1.29 is 9.59 Å². The summed E-state index contributed by atoms with van der Waals surface area (Å²) in [5, 5.41) is 7.65. The van der Waals surface area contributed by atoms with E-state index in [-0.39, 0.29) is 5.91 Å². The number of carbonyl (C=O) groups excluding carboxylic acids is 2. The number of aromatic nitrogens is 2. The molecule has 3 rings (SSSR count). The number of amides is 2. The normalized spacial score (nSPS) is 14.6. The van der Waals surface area contributed by atoms with Gasteiger partial charge in [-0.05, 0) is 38.2 Å². The second-order valence-electron chi connectivity index (χ2n) is 6.24. The molecule has 2 heterocycles. The number of anilines is 1. The summed E-state index contributed by atoms with van der Waals surface area (Å²) in [5.74, 6) is -0.719. The van der Waals surface area contributed by atoms with E-state index in [0.29, 0.717) is 21.8 Å². The maximum Gasteiger partial charge on any atom is 0.259 e. The summed E-state index contributed by atoms with van der Waals surface area (Å²) in [4.78, 5) is 25.7. The number of thiophene rings is 1. The second-order valence-corrected chi connectivity index (χ2v) is 7.35. The summed E-state index contributed by atoms with van der Waals surface area (Å²) in [6.07, 6.45) is 8.02. The van der Waals surface area contributed by atoms with E-state index in [0.717, 1.165) is 31.2 Å². The quantitative estimate of drug-likeness (QED) is 0.895. The molecule has 24 heavy (non-hydrogen) atoms. The summed E-state index contributed by atoms with van der Waals surface area (Å²) < 4.78 is 1.60. The Hall–Kier alpha value is -2.15. The molecule has 0 unspecified atom stereocenters. The van der Waals surface area contributed by atoms with Gasteiger partial charge < -0.3 is 11.1 Å².